The van der Waals surface area contributed by atoms with Gasteiger partial charge in [0.05, 0.1) is 25.3 Å². The van der Waals surface area contributed by atoms with Crippen LogP contribution in [0.25, 0.3) is 0 Å². The number of carbonyl (C=O) groups is 1. The van der Waals surface area contributed by atoms with Gasteiger partial charge in [-0.3, -0.25) is 4.68 Å². The fourth-order valence-electron chi connectivity index (χ4n) is 1.55. The normalized spacial score (nSPS) is 11.0. The summed E-state index contributed by atoms with van der Waals surface area (Å²) in [6, 6.07) is 1.91. The van der Waals surface area contributed by atoms with E-state index in [0.29, 0.717) is 6.54 Å². The van der Waals surface area contributed by atoms with Crippen LogP contribution in [-0.4, -0.2) is 44.6 Å². The number of rotatable bonds is 6. The molecule has 2 aromatic rings. The topological polar surface area (TPSA) is 84.4 Å². The van der Waals surface area contributed by atoms with E-state index in [1.54, 1.807) is 12.5 Å². The average molecular weight is 250 g/mol. The van der Waals surface area contributed by atoms with Crippen LogP contribution < -0.4 is 0 Å². The molecule has 2 aromatic heterocycles. The van der Waals surface area contributed by atoms with Crippen molar-refractivity contribution in [2.45, 2.75) is 13.1 Å². The van der Waals surface area contributed by atoms with Crippen LogP contribution in [0.1, 0.15) is 16.1 Å². The average Bonchev–Trinajstić information content (AvgIpc) is 2.96. The van der Waals surface area contributed by atoms with E-state index >= 15 is 0 Å². The zero-order valence-corrected chi connectivity index (χ0v) is 9.98. The molecule has 0 aromatic carbocycles. The largest absolute Gasteiger partial charge is 0.476 e. The highest BCUT2D eigenvalue weighted by atomic mass is 16.4. The summed E-state index contributed by atoms with van der Waals surface area (Å²) < 4.78 is 6.51. The predicted molar refractivity (Wildman–Crippen MR) is 62.0 cm³/mol. The minimum Gasteiger partial charge on any atom is -0.476 e. The fourth-order valence-corrected chi connectivity index (χ4v) is 1.55. The number of aromatic nitrogens is 3. The Kier molecular flexibility index (Phi) is 3.73. The van der Waals surface area contributed by atoms with E-state index in [1.807, 2.05) is 13.1 Å². The SMILES string of the molecule is CN(CCn1cc(C(=O)O)nn1)Cc1ccoc1. The van der Waals surface area contributed by atoms with Gasteiger partial charge >= 0.3 is 5.97 Å². The second-order valence-electron chi connectivity index (χ2n) is 4.04. The Balaban J connectivity index is 1.81. The standard InChI is InChI=1S/C11H14N4O3/c1-14(6-9-2-5-18-8-9)3-4-15-7-10(11(16)17)12-13-15/h2,5,7-8H,3-4,6H2,1H3,(H,16,17). The first-order chi connectivity index (χ1) is 8.65. The number of hydrogen-bond donors (Lipinski definition) is 1. The number of carboxylic acid groups (broad SMARTS) is 1. The summed E-state index contributed by atoms with van der Waals surface area (Å²) in [5.41, 5.74) is 1.06. The summed E-state index contributed by atoms with van der Waals surface area (Å²) in [6.45, 7) is 2.11. The molecular formula is C11H14N4O3. The van der Waals surface area contributed by atoms with Gasteiger partial charge in [-0.05, 0) is 13.1 Å². The minimum absolute atomic E-state index is 0.0347. The predicted octanol–water partition coefficient (Wildman–Crippen LogP) is 0.701. The lowest BCUT2D eigenvalue weighted by Gasteiger charge is -2.14. The monoisotopic (exact) mass is 250 g/mol. The lowest BCUT2D eigenvalue weighted by Crippen LogP contribution is -2.22. The Hall–Kier alpha value is -2.15. The third kappa shape index (κ3) is 3.17. The van der Waals surface area contributed by atoms with Gasteiger partial charge in [-0.2, -0.15) is 0 Å². The van der Waals surface area contributed by atoms with Crippen molar-refractivity contribution < 1.29 is 14.3 Å². The quantitative estimate of drug-likeness (QED) is 0.812. The molecule has 0 bridgehead atoms. The van der Waals surface area contributed by atoms with Gasteiger partial charge in [0.25, 0.3) is 0 Å². The zero-order chi connectivity index (χ0) is 13.0. The molecule has 0 aliphatic heterocycles. The molecule has 0 saturated heterocycles. The molecule has 18 heavy (non-hydrogen) atoms. The number of aromatic carboxylic acids is 1. The Labute approximate surface area is 104 Å². The molecule has 0 aliphatic carbocycles. The van der Waals surface area contributed by atoms with E-state index in [4.69, 9.17) is 9.52 Å². The van der Waals surface area contributed by atoms with Gasteiger partial charge in [-0.25, -0.2) is 4.79 Å². The van der Waals surface area contributed by atoms with Crippen LogP contribution in [0.4, 0.5) is 0 Å². The number of furan rings is 1. The summed E-state index contributed by atoms with van der Waals surface area (Å²) in [5, 5.41) is 16.0. The van der Waals surface area contributed by atoms with Crippen molar-refractivity contribution in [3.05, 3.63) is 36.0 Å². The molecule has 7 heteroatoms. The molecule has 2 rings (SSSR count). The summed E-state index contributed by atoms with van der Waals surface area (Å²) in [7, 11) is 1.97. The maximum atomic E-state index is 10.6. The first-order valence-corrected chi connectivity index (χ1v) is 5.48. The molecular weight excluding hydrogens is 236 g/mol. The molecule has 0 radical (unpaired) electrons. The Morgan fingerprint density at radius 3 is 3.06 bits per heavy atom. The number of nitrogens with zero attached hydrogens (tertiary/aromatic N) is 4. The van der Waals surface area contributed by atoms with Crippen LogP contribution in [0.2, 0.25) is 0 Å². The van der Waals surface area contributed by atoms with Gasteiger partial charge < -0.3 is 14.4 Å². The van der Waals surface area contributed by atoms with Crippen LogP contribution in [0.5, 0.6) is 0 Å². The van der Waals surface area contributed by atoms with Gasteiger partial charge in [-0.15, -0.1) is 5.10 Å². The smallest absolute Gasteiger partial charge is 0.358 e. The Morgan fingerprint density at radius 2 is 2.44 bits per heavy atom. The molecule has 1 N–H and O–H groups in total. The summed E-state index contributed by atoms with van der Waals surface area (Å²) in [6.07, 6.45) is 4.77. The number of hydrogen-bond acceptors (Lipinski definition) is 5. The van der Waals surface area contributed by atoms with Crippen molar-refractivity contribution >= 4 is 5.97 Å². The molecule has 0 unspecified atom stereocenters. The molecule has 0 aliphatic rings. The van der Waals surface area contributed by atoms with Crippen LogP contribution >= 0.6 is 0 Å². The molecule has 0 fully saturated rings. The van der Waals surface area contributed by atoms with E-state index in [1.165, 1.54) is 10.9 Å². The van der Waals surface area contributed by atoms with E-state index in [0.717, 1.165) is 18.7 Å². The lowest BCUT2D eigenvalue weighted by atomic mass is 10.3. The van der Waals surface area contributed by atoms with Crippen molar-refractivity contribution in [2.24, 2.45) is 0 Å². The first kappa shape index (κ1) is 12.3. The Bertz CT molecular complexity index is 506. The number of carboxylic acids is 1. The molecule has 0 amide bonds. The van der Waals surface area contributed by atoms with Crippen molar-refractivity contribution in [1.82, 2.24) is 19.9 Å². The van der Waals surface area contributed by atoms with Crippen molar-refractivity contribution in [3.8, 4) is 0 Å². The summed E-state index contributed by atoms with van der Waals surface area (Å²) in [4.78, 5) is 12.7. The second-order valence-corrected chi connectivity index (χ2v) is 4.04. The van der Waals surface area contributed by atoms with Crippen molar-refractivity contribution in [3.63, 3.8) is 0 Å². The molecule has 96 valence electrons. The third-order valence-electron chi connectivity index (χ3n) is 2.50. The Morgan fingerprint density at radius 1 is 1.61 bits per heavy atom. The van der Waals surface area contributed by atoms with Gasteiger partial charge in [0, 0.05) is 18.7 Å². The highest BCUT2D eigenvalue weighted by molar-refractivity contribution is 5.84. The van der Waals surface area contributed by atoms with Gasteiger partial charge in [-0.1, -0.05) is 5.21 Å². The third-order valence-corrected chi connectivity index (χ3v) is 2.50. The van der Waals surface area contributed by atoms with Crippen molar-refractivity contribution in [1.29, 1.82) is 0 Å². The van der Waals surface area contributed by atoms with Gasteiger partial charge in [0.1, 0.15) is 0 Å². The highest BCUT2D eigenvalue weighted by Gasteiger charge is 2.08. The highest BCUT2D eigenvalue weighted by Crippen LogP contribution is 2.03. The molecule has 0 spiro atoms. The van der Waals surface area contributed by atoms with Gasteiger partial charge in [0.15, 0.2) is 5.69 Å². The zero-order valence-electron chi connectivity index (χ0n) is 9.98. The van der Waals surface area contributed by atoms with E-state index in [2.05, 4.69) is 15.2 Å². The molecule has 0 atom stereocenters. The number of likely N-dealkylation sites (N-methyl/N-ethyl adjacent to an activating group) is 1. The lowest BCUT2D eigenvalue weighted by molar-refractivity contribution is 0.0690. The summed E-state index contributed by atoms with van der Waals surface area (Å²) in [5.74, 6) is -1.06. The fraction of sp³-hybridized carbons (Fsp3) is 0.364. The van der Waals surface area contributed by atoms with Crippen molar-refractivity contribution in [2.75, 3.05) is 13.6 Å². The maximum absolute atomic E-state index is 10.6. The van der Waals surface area contributed by atoms with E-state index in [-0.39, 0.29) is 5.69 Å². The van der Waals surface area contributed by atoms with Crippen LogP contribution in [0.3, 0.4) is 0 Å². The minimum atomic E-state index is -1.06. The van der Waals surface area contributed by atoms with E-state index in [9.17, 15) is 4.79 Å². The van der Waals surface area contributed by atoms with Crippen LogP contribution in [-0.2, 0) is 13.1 Å². The van der Waals surface area contributed by atoms with Crippen LogP contribution in [0.15, 0.2) is 29.2 Å². The van der Waals surface area contributed by atoms with Crippen LogP contribution in [0, 0.1) is 0 Å². The van der Waals surface area contributed by atoms with Gasteiger partial charge in [0.2, 0.25) is 0 Å². The van der Waals surface area contributed by atoms with E-state index < -0.39 is 5.97 Å². The molecule has 2 heterocycles. The summed E-state index contributed by atoms with van der Waals surface area (Å²) >= 11 is 0. The maximum Gasteiger partial charge on any atom is 0.358 e. The first-order valence-electron chi connectivity index (χ1n) is 5.48. The molecule has 7 nitrogen and oxygen atoms in total. The molecule has 0 saturated carbocycles. The second kappa shape index (κ2) is 5.46.